The van der Waals surface area contributed by atoms with Crippen molar-refractivity contribution in [1.29, 1.82) is 0 Å². The maximum Gasteiger partial charge on any atom is 0.310 e. The maximum atomic E-state index is 12.8. The van der Waals surface area contributed by atoms with E-state index in [1.807, 2.05) is 33.5 Å². The van der Waals surface area contributed by atoms with E-state index in [1.54, 1.807) is 0 Å². The molecule has 0 atom stereocenters. The van der Waals surface area contributed by atoms with Crippen molar-refractivity contribution in [1.82, 2.24) is 0 Å². The topological polar surface area (TPSA) is 18.5 Å². The van der Waals surface area contributed by atoms with E-state index in [0.717, 1.165) is 0 Å². The lowest BCUT2D eigenvalue weighted by Gasteiger charge is -2.22. The minimum absolute atomic E-state index is 0.0332. The van der Waals surface area contributed by atoms with Crippen LogP contribution in [0.25, 0.3) is 0 Å². The molecule has 0 aliphatic heterocycles. The SMILES string of the molecule is CC(C)OC(O[Si](C)(C)C)=C(F)Br. The summed E-state index contributed by atoms with van der Waals surface area (Å²) in [5.41, 5.74) is 0. The number of hydrogen-bond donors (Lipinski definition) is 0. The van der Waals surface area contributed by atoms with Crippen LogP contribution in [-0.4, -0.2) is 14.4 Å². The van der Waals surface area contributed by atoms with Crippen molar-refractivity contribution in [3.8, 4) is 0 Å². The number of halogens is 2. The fraction of sp³-hybridized carbons (Fsp3) is 0.750. The van der Waals surface area contributed by atoms with Crippen molar-refractivity contribution in [3.05, 3.63) is 10.7 Å². The highest BCUT2D eigenvalue weighted by molar-refractivity contribution is 9.11. The third kappa shape index (κ3) is 7.07. The van der Waals surface area contributed by atoms with Crippen LogP contribution in [0.15, 0.2) is 10.7 Å². The number of hydrogen-bond acceptors (Lipinski definition) is 2. The van der Waals surface area contributed by atoms with E-state index in [9.17, 15) is 4.39 Å². The van der Waals surface area contributed by atoms with Gasteiger partial charge in [-0.15, -0.1) is 0 Å². The van der Waals surface area contributed by atoms with Crippen molar-refractivity contribution in [2.45, 2.75) is 39.6 Å². The van der Waals surface area contributed by atoms with E-state index < -0.39 is 13.1 Å². The molecule has 0 radical (unpaired) electrons. The Balaban J connectivity index is 4.39. The lowest BCUT2D eigenvalue weighted by molar-refractivity contribution is 0.0543. The van der Waals surface area contributed by atoms with Crippen molar-refractivity contribution < 1.29 is 13.6 Å². The fourth-order valence-electron chi connectivity index (χ4n) is 0.599. The third-order valence-electron chi connectivity index (χ3n) is 0.896. The van der Waals surface area contributed by atoms with E-state index in [1.165, 1.54) is 0 Å². The summed E-state index contributed by atoms with van der Waals surface area (Å²) in [5, 5.41) is 0. The molecular weight excluding hydrogens is 255 g/mol. The summed E-state index contributed by atoms with van der Waals surface area (Å²) in [4.78, 5) is 0. The predicted molar refractivity (Wildman–Crippen MR) is 57.7 cm³/mol. The second-order valence-electron chi connectivity index (χ2n) is 3.93. The van der Waals surface area contributed by atoms with Gasteiger partial charge in [0.05, 0.1) is 6.10 Å². The highest BCUT2D eigenvalue weighted by Crippen LogP contribution is 2.21. The molecule has 0 rings (SSSR count). The smallest absolute Gasteiger partial charge is 0.310 e. The van der Waals surface area contributed by atoms with E-state index in [4.69, 9.17) is 9.16 Å². The van der Waals surface area contributed by atoms with Gasteiger partial charge in [0.1, 0.15) is 0 Å². The first-order valence-corrected chi connectivity index (χ1v) is 8.33. The normalized spacial score (nSPS) is 14.2. The largest absolute Gasteiger partial charge is 0.517 e. The van der Waals surface area contributed by atoms with E-state index >= 15 is 0 Å². The molecule has 0 aromatic carbocycles. The summed E-state index contributed by atoms with van der Waals surface area (Å²) in [6, 6.07) is 0. The highest BCUT2D eigenvalue weighted by atomic mass is 79.9. The monoisotopic (exact) mass is 270 g/mol. The number of rotatable bonds is 4. The van der Waals surface area contributed by atoms with Crippen LogP contribution < -0.4 is 0 Å². The zero-order valence-electron chi connectivity index (χ0n) is 8.65. The van der Waals surface area contributed by atoms with Gasteiger partial charge in [-0.2, -0.15) is 4.39 Å². The molecule has 78 valence electrons. The first-order valence-electron chi connectivity index (χ1n) is 4.13. The van der Waals surface area contributed by atoms with Gasteiger partial charge in [-0.3, -0.25) is 0 Å². The van der Waals surface area contributed by atoms with Crippen LogP contribution in [0.2, 0.25) is 19.6 Å². The van der Waals surface area contributed by atoms with Gasteiger partial charge in [-0.25, -0.2) is 0 Å². The van der Waals surface area contributed by atoms with E-state index in [0.29, 0.717) is 0 Å². The molecular formula is C8H16BrFO2Si. The molecule has 0 unspecified atom stereocenters. The molecule has 0 heterocycles. The van der Waals surface area contributed by atoms with Gasteiger partial charge in [-0.1, -0.05) is 0 Å². The molecule has 0 fully saturated rings. The van der Waals surface area contributed by atoms with Gasteiger partial charge < -0.3 is 9.16 Å². The second-order valence-corrected chi connectivity index (χ2v) is 9.05. The summed E-state index contributed by atoms with van der Waals surface area (Å²) < 4.78 is 22.8. The molecule has 0 aromatic heterocycles. The Hall–Kier alpha value is -0.0331. The molecule has 2 nitrogen and oxygen atoms in total. The Bertz CT molecular complexity index is 195. The van der Waals surface area contributed by atoms with Crippen molar-refractivity contribution >= 4 is 24.2 Å². The standard InChI is InChI=1S/C8H16BrFO2Si/c1-6(2)11-8(7(9)10)12-13(3,4)5/h6H,1-5H3. The Morgan fingerprint density at radius 3 is 2.00 bits per heavy atom. The summed E-state index contributed by atoms with van der Waals surface area (Å²) in [5.74, 6) is -0.0332. The van der Waals surface area contributed by atoms with Gasteiger partial charge in [-0.05, 0) is 49.4 Å². The minimum Gasteiger partial charge on any atom is -0.517 e. The molecule has 0 aliphatic carbocycles. The first kappa shape index (κ1) is 13.0. The molecule has 0 aromatic rings. The number of ether oxygens (including phenoxy) is 1. The second kappa shape index (κ2) is 5.00. The van der Waals surface area contributed by atoms with Crippen LogP contribution in [0.5, 0.6) is 0 Å². The molecule has 0 aliphatic rings. The Morgan fingerprint density at radius 2 is 1.77 bits per heavy atom. The highest BCUT2D eigenvalue weighted by Gasteiger charge is 2.21. The molecule has 0 saturated heterocycles. The van der Waals surface area contributed by atoms with Crippen LogP contribution in [0.3, 0.4) is 0 Å². The van der Waals surface area contributed by atoms with Gasteiger partial charge in [0.15, 0.2) is 0 Å². The molecule has 0 N–H and O–H groups in total. The van der Waals surface area contributed by atoms with Gasteiger partial charge in [0.2, 0.25) is 13.1 Å². The fourth-order valence-corrected chi connectivity index (χ4v) is 1.62. The first-order chi connectivity index (χ1) is 5.72. The zero-order valence-corrected chi connectivity index (χ0v) is 11.2. The minimum atomic E-state index is -1.80. The summed E-state index contributed by atoms with van der Waals surface area (Å²) in [6.07, 6.45) is -0.0883. The zero-order chi connectivity index (χ0) is 10.6. The van der Waals surface area contributed by atoms with E-state index in [2.05, 4.69) is 15.9 Å². The Kier molecular flexibility index (Phi) is 4.99. The molecule has 0 saturated carbocycles. The molecule has 5 heteroatoms. The van der Waals surface area contributed by atoms with Crippen LogP contribution in [0.1, 0.15) is 13.8 Å². The van der Waals surface area contributed by atoms with Crippen LogP contribution in [-0.2, 0) is 9.16 Å². The summed E-state index contributed by atoms with van der Waals surface area (Å²) in [7, 11) is -1.80. The average molecular weight is 271 g/mol. The Labute approximate surface area is 88.4 Å². The summed E-state index contributed by atoms with van der Waals surface area (Å²) in [6.45, 7) is 9.54. The maximum absolute atomic E-state index is 12.8. The van der Waals surface area contributed by atoms with Crippen LogP contribution >= 0.6 is 15.9 Å². The Morgan fingerprint density at radius 1 is 1.31 bits per heavy atom. The van der Waals surface area contributed by atoms with Gasteiger partial charge in [0, 0.05) is 0 Å². The molecule has 0 bridgehead atoms. The quantitative estimate of drug-likeness (QED) is 0.572. The lowest BCUT2D eigenvalue weighted by atomic mass is 10.5. The van der Waals surface area contributed by atoms with Crippen molar-refractivity contribution in [2.24, 2.45) is 0 Å². The average Bonchev–Trinajstić information content (AvgIpc) is 1.81. The molecule has 0 spiro atoms. The van der Waals surface area contributed by atoms with Gasteiger partial charge >= 0.3 is 5.95 Å². The van der Waals surface area contributed by atoms with Crippen molar-refractivity contribution in [2.75, 3.05) is 0 Å². The van der Waals surface area contributed by atoms with Crippen LogP contribution in [0, 0.1) is 0 Å². The van der Waals surface area contributed by atoms with Crippen molar-refractivity contribution in [3.63, 3.8) is 0 Å². The molecule has 13 heavy (non-hydrogen) atoms. The van der Waals surface area contributed by atoms with E-state index in [-0.39, 0.29) is 12.0 Å². The molecule has 0 amide bonds. The lowest BCUT2D eigenvalue weighted by Crippen LogP contribution is -2.26. The third-order valence-corrected chi connectivity index (χ3v) is 2.02. The summed E-state index contributed by atoms with van der Waals surface area (Å²) >= 11 is 2.71. The predicted octanol–water partition coefficient (Wildman–Crippen LogP) is 3.75. The van der Waals surface area contributed by atoms with Crippen LogP contribution in [0.4, 0.5) is 4.39 Å². The van der Waals surface area contributed by atoms with Gasteiger partial charge in [0.25, 0.3) is 0 Å².